The molecule has 0 saturated heterocycles. The van der Waals surface area contributed by atoms with E-state index in [9.17, 15) is 0 Å². The summed E-state index contributed by atoms with van der Waals surface area (Å²) in [6.45, 7) is 20.4. The van der Waals surface area contributed by atoms with Gasteiger partial charge in [0.15, 0.2) is 7.28 Å². The molecule has 7 aromatic carbocycles. The summed E-state index contributed by atoms with van der Waals surface area (Å²) in [5, 5.41) is 10.8. The van der Waals surface area contributed by atoms with Gasteiger partial charge in [0.2, 0.25) is 0 Å². The molecule has 0 atom stereocenters. The third-order valence-electron chi connectivity index (χ3n) is 12.7. The van der Waals surface area contributed by atoms with Gasteiger partial charge in [0, 0.05) is 60.8 Å². The zero-order valence-corrected chi connectivity index (χ0v) is 35.4. The third kappa shape index (κ3) is 5.58. The molecule has 289 valence electrons. The maximum absolute atomic E-state index is 6.71. The van der Waals surface area contributed by atoms with Gasteiger partial charge >= 0.3 is 0 Å². The molecule has 1 aliphatic rings. The van der Waals surface area contributed by atoms with Crippen LogP contribution in [0.15, 0.2) is 130 Å². The van der Waals surface area contributed by atoms with E-state index in [4.69, 9.17) is 8.83 Å². The largest absolute Gasteiger partial charge is 0.456 e. The Bertz CT molecular complexity index is 3370. The Morgan fingerprint density at radius 1 is 0.475 bits per heavy atom. The third-order valence-corrected chi connectivity index (χ3v) is 12.7. The molecule has 59 heavy (non-hydrogen) atoms. The summed E-state index contributed by atoms with van der Waals surface area (Å²) in [6, 6.07) is 44.8. The lowest BCUT2D eigenvalue weighted by molar-refractivity contribution is 0.587. The molecule has 11 rings (SSSR count). The standard InChI is InChI=1S/C54H48BN2O2/c1-52(2,3)30-14-18-33(19-15-30)56-43-29-49-40(35-20-16-32(54(7,8)9)25-47(35)59-49)26-38(43)36-21-22-37-39-28-48-41(34-12-10-11-13-46(34)58-48)27-45(39)57-44-23-17-31(53(4,5)6)24-42(44)55-50(36)51(37)57/h10-29,56H,1-9H3. The van der Waals surface area contributed by atoms with E-state index in [2.05, 4.69) is 195 Å². The van der Waals surface area contributed by atoms with E-state index < -0.39 is 0 Å². The number of hydrogen-bond acceptors (Lipinski definition) is 3. The highest BCUT2D eigenvalue weighted by Crippen LogP contribution is 2.44. The van der Waals surface area contributed by atoms with Gasteiger partial charge in [0.25, 0.3) is 0 Å². The number of benzene rings is 7. The van der Waals surface area contributed by atoms with Crippen molar-refractivity contribution in [1.29, 1.82) is 0 Å². The number of para-hydroxylation sites is 1. The van der Waals surface area contributed by atoms with Gasteiger partial charge in [-0.05, 0) is 92.5 Å². The summed E-state index contributed by atoms with van der Waals surface area (Å²) < 4.78 is 15.7. The van der Waals surface area contributed by atoms with Gasteiger partial charge in [-0.3, -0.25) is 0 Å². The summed E-state index contributed by atoms with van der Waals surface area (Å²) in [4.78, 5) is 0. The zero-order valence-electron chi connectivity index (χ0n) is 35.4. The van der Waals surface area contributed by atoms with Gasteiger partial charge in [0.1, 0.15) is 22.3 Å². The molecule has 0 spiro atoms. The summed E-state index contributed by atoms with van der Waals surface area (Å²) in [7, 11) is 2.43. The van der Waals surface area contributed by atoms with Crippen LogP contribution in [0.4, 0.5) is 11.4 Å². The van der Waals surface area contributed by atoms with Crippen LogP contribution < -0.4 is 16.2 Å². The highest BCUT2D eigenvalue weighted by atomic mass is 16.3. The number of aromatic nitrogens is 1. The van der Waals surface area contributed by atoms with Gasteiger partial charge in [0.05, 0.1) is 11.2 Å². The van der Waals surface area contributed by atoms with E-state index in [-0.39, 0.29) is 16.2 Å². The van der Waals surface area contributed by atoms with Crippen molar-refractivity contribution in [3.8, 4) is 16.8 Å². The van der Waals surface area contributed by atoms with Gasteiger partial charge in [-0.15, -0.1) is 0 Å². The lowest BCUT2D eigenvalue weighted by Gasteiger charge is -2.27. The molecule has 10 aromatic rings. The molecule has 1 N–H and O–H groups in total. The lowest BCUT2D eigenvalue weighted by Crippen LogP contribution is -2.38. The minimum Gasteiger partial charge on any atom is -0.456 e. The Kier molecular flexibility index (Phi) is 7.41. The van der Waals surface area contributed by atoms with Crippen molar-refractivity contribution >= 4 is 95.3 Å². The van der Waals surface area contributed by atoms with Crippen LogP contribution in [0.2, 0.25) is 0 Å². The van der Waals surface area contributed by atoms with Crippen LogP contribution in [-0.4, -0.2) is 11.8 Å². The van der Waals surface area contributed by atoms with Crippen molar-refractivity contribution in [2.24, 2.45) is 0 Å². The Balaban J connectivity index is 1.20. The van der Waals surface area contributed by atoms with E-state index in [1.165, 1.54) is 60.7 Å². The van der Waals surface area contributed by atoms with E-state index >= 15 is 0 Å². The SMILES string of the molecule is CC(C)(C)c1ccc(Nc2cc3oc4cc(C(C)(C)C)ccc4c3cc2-c2ccc3c4cc5oc6ccccc6c5cc4n4c3c2[B]c2cc(C(C)(C)C)ccc2-4)cc1. The Hall–Kier alpha value is -6.20. The average molecular weight is 768 g/mol. The predicted octanol–water partition coefficient (Wildman–Crippen LogP) is 13.9. The molecule has 4 heterocycles. The average Bonchev–Trinajstić information content (AvgIpc) is 3.85. The maximum Gasteiger partial charge on any atom is 0.197 e. The molecule has 0 fully saturated rings. The molecular formula is C54H48BN2O2. The highest BCUT2D eigenvalue weighted by Gasteiger charge is 2.29. The highest BCUT2D eigenvalue weighted by molar-refractivity contribution is 6.73. The van der Waals surface area contributed by atoms with Crippen LogP contribution in [0, 0.1) is 0 Å². The number of anilines is 2. The normalized spacial score (nSPS) is 13.3. The molecule has 0 amide bonds. The Labute approximate surface area is 346 Å². The molecule has 1 radical (unpaired) electrons. The molecule has 0 aliphatic carbocycles. The van der Waals surface area contributed by atoms with E-state index in [0.717, 1.165) is 60.8 Å². The number of furan rings is 2. The van der Waals surface area contributed by atoms with Crippen molar-refractivity contribution in [3.63, 3.8) is 0 Å². The van der Waals surface area contributed by atoms with Crippen molar-refractivity contribution < 1.29 is 8.83 Å². The first-order valence-corrected chi connectivity index (χ1v) is 20.9. The van der Waals surface area contributed by atoms with Gasteiger partial charge in [-0.2, -0.15) is 0 Å². The fraction of sp³-hybridized carbons (Fsp3) is 0.222. The smallest absolute Gasteiger partial charge is 0.197 e. The maximum atomic E-state index is 6.71. The first-order chi connectivity index (χ1) is 28.1. The molecule has 4 nitrogen and oxygen atoms in total. The summed E-state index contributed by atoms with van der Waals surface area (Å²) in [6.07, 6.45) is 0. The first kappa shape index (κ1) is 35.9. The van der Waals surface area contributed by atoms with Crippen molar-refractivity contribution in [3.05, 3.63) is 138 Å². The van der Waals surface area contributed by atoms with E-state index in [0.29, 0.717) is 0 Å². The van der Waals surface area contributed by atoms with Gasteiger partial charge < -0.3 is 18.7 Å². The predicted molar refractivity (Wildman–Crippen MR) is 252 cm³/mol. The molecule has 0 unspecified atom stereocenters. The van der Waals surface area contributed by atoms with Gasteiger partial charge in [-0.25, -0.2) is 0 Å². The second-order valence-electron chi connectivity index (χ2n) is 19.8. The van der Waals surface area contributed by atoms with Crippen LogP contribution in [0.3, 0.4) is 0 Å². The second kappa shape index (κ2) is 12.2. The van der Waals surface area contributed by atoms with Gasteiger partial charge in [-0.1, -0.05) is 135 Å². The minimum atomic E-state index is -0.00152. The minimum absolute atomic E-state index is 0.00152. The lowest BCUT2D eigenvalue weighted by atomic mass is 9.58. The molecular weight excluding hydrogens is 719 g/mol. The zero-order chi connectivity index (χ0) is 40.7. The number of nitrogens with zero attached hydrogens (tertiary/aromatic N) is 1. The van der Waals surface area contributed by atoms with Crippen LogP contribution in [-0.2, 0) is 16.2 Å². The Morgan fingerprint density at radius 2 is 1.08 bits per heavy atom. The topological polar surface area (TPSA) is 43.2 Å². The van der Waals surface area contributed by atoms with Crippen molar-refractivity contribution in [2.45, 2.75) is 78.6 Å². The van der Waals surface area contributed by atoms with Crippen LogP contribution >= 0.6 is 0 Å². The van der Waals surface area contributed by atoms with Crippen LogP contribution in [0.25, 0.3) is 82.5 Å². The van der Waals surface area contributed by atoms with Crippen LogP contribution in [0.1, 0.15) is 79.0 Å². The molecule has 1 aliphatic heterocycles. The van der Waals surface area contributed by atoms with Crippen LogP contribution in [0.5, 0.6) is 0 Å². The van der Waals surface area contributed by atoms with Crippen molar-refractivity contribution in [1.82, 2.24) is 4.57 Å². The number of fused-ring (bicyclic) bond motifs is 11. The molecule has 0 bridgehead atoms. The fourth-order valence-corrected chi connectivity index (χ4v) is 9.30. The second-order valence-corrected chi connectivity index (χ2v) is 19.8. The molecule has 5 heteroatoms. The number of nitrogens with one attached hydrogen (secondary N) is 1. The summed E-state index contributed by atoms with van der Waals surface area (Å²) >= 11 is 0. The number of hydrogen-bond donors (Lipinski definition) is 1. The fourth-order valence-electron chi connectivity index (χ4n) is 9.30. The van der Waals surface area contributed by atoms with Crippen molar-refractivity contribution in [2.75, 3.05) is 5.32 Å². The van der Waals surface area contributed by atoms with E-state index in [1.807, 2.05) is 6.07 Å². The Morgan fingerprint density at radius 3 is 1.85 bits per heavy atom. The summed E-state index contributed by atoms with van der Waals surface area (Å²) in [5.74, 6) is 0. The number of rotatable bonds is 3. The molecule has 3 aromatic heterocycles. The summed E-state index contributed by atoms with van der Waals surface area (Å²) in [5.41, 5.74) is 17.9. The molecule has 0 saturated carbocycles. The first-order valence-electron chi connectivity index (χ1n) is 20.9. The monoisotopic (exact) mass is 767 g/mol. The van der Waals surface area contributed by atoms with E-state index in [1.54, 1.807) is 0 Å². The quantitative estimate of drug-likeness (QED) is 0.182.